The molecule has 2 amide bonds. The Hall–Kier alpha value is -2.53. The van der Waals surface area contributed by atoms with Gasteiger partial charge in [0.05, 0.1) is 0 Å². The van der Waals surface area contributed by atoms with E-state index >= 15 is 0 Å². The van der Waals surface area contributed by atoms with Gasteiger partial charge in [0.15, 0.2) is 6.61 Å². The SMILES string of the molecule is O=C(COc1cccc(Cl)c1)NCc1ccc(N2CCCC2=O)cc1. The van der Waals surface area contributed by atoms with Gasteiger partial charge in [-0.25, -0.2) is 0 Å². The maximum atomic E-state index is 11.9. The highest BCUT2D eigenvalue weighted by Gasteiger charge is 2.21. The van der Waals surface area contributed by atoms with Gasteiger partial charge in [0.25, 0.3) is 5.91 Å². The Bertz CT molecular complexity index is 762. The normalized spacial score (nSPS) is 13.8. The van der Waals surface area contributed by atoms with Crippen LogP contribution in [0.5, 0.6) is 5.75 Å². The Kier molecular flexibility index (Phi) is 5.56. The molecule has 130 valence electrons. The Labute approximate surface area is 151 Å². The second kappa shape index (κ2) is 8.03. The van der Waals surface area contributed by atoms with E-state index in [1.165, 1.54) is 0 Å². The number of anilines is 1. The molecule has 6 heteroatoms. The molecule has 5 nitrogen and oxygen atoms in total. The van der Waals surface area contributed by atoms with Gasteiger partial charge in [-0.3, -0.25) is 9.59 Å². The van der Waals surface area contributed by atoms with Crippen LogP contribution in [0.3, 0.4) is 0 Å². The minimum Gasteiger partial charge on any atom is -0.484 e. The highest BCUT2D eigenvalue weighted by atomic mass is 35.5. The maximum Gasteiger partial charge on any atom is 0.258 e. The Morgan fingerprint density at radius 3 is 2.68 bits per heavy atom. The third-order valence-electron chi connectivity index (χ3n) is 3.98. The molecule has 1 N–H and O–H groups in total. The fourth-order valence-corrected chi connectivity index (χ4v) is 2.85. The first kappa shape index (κ1) is 17.3. The molecule has 2 aromatic carbocycles. The fourth-order valence-electron chi connectivity index (χ4n) is 2.67. The molecule has 1 saturated heterocycles. The average molecular weight is 359 g/mol. The van der Waals surface area contributed by atoms with E-state index in [1.807, 2.05) is 24.3 Å². The molecule has 1 aliphatic heterocycles. The minimum absolute atomic E-state index is 0.0687. The lowest BCUT2D eigenvalue weighted by Crippen LogP contribution is -2.28. The third kappa shape index (κ3) is 4.73. The summed E-state index contributed by atoms with van der Waals surface area (Å²) in [6.45, 7) is 1.11. The second-order valence-corrected chi connectivity index (χ2v) is 6.27. The Balaban J connectivity index is 1.46. The summed E-state index contributed by atoms with van der Waals surface area (Å²) in [6.07, 6.45) is 1.52. The van der Waals surface area contributed by atoms with Crippen molar-refractivity contribution in [2.24, 2.45) is 0 Å². The molecule has 0 aromatic heterocycles. The van der Waals surface area contributed by atoms with Gasteiger partial charge in [0.2, 0.25) is 5.91 Å². The Morgan fingerprint density at radius 1 is 1.20 bits per heavy atom. The number of nitrogens with one attached hydrogen (secondary N) is 1. The number of halogens is 1. The van der Waals surface area contributed by atoms with Crippen LogP contribution in [0.2, 0.25) is 5.02 Å². The summed E-state index contributed by atoms with van der Waals surface area (Å²) in [7, 11) is 0. The summed E-state index contributed by atoms with van der Waals surface area (Å²) in [5, 5.41) is 3.37. The summed E-state index contributed by atoms with van der Waals surface area (Å²) >= 11 is 5.87. The van der Waals surface area contributed by atoms with Gasteiger partial charge >= 0.3 is 0 Å². The van der Waals surface area contributed by atoms with Crippen molar-refractivity contribution in [2.75, 3.05) is 18.1 Å². The lowest BCUT2D eigenvalue weighted by Gasteiger charge is -2.16. The van der Waals surface area contributed by atoms with Crippen molar-refractivity contribution in [1.29, 1.82) is 0 Å². The van der Waals surface area contributed by atoms with Crippen LogP contribution in [0.4, 0.5) is 5.69 Å². The van der Waals surface area contributed by atoms with Crippen LogP contribution >= 0.6 is 11.6 Å². The van der Waals surface area contributed by atoms with Crippen LogP contribution < -0.4 is 15.0 Å². The molecular formula is C19H19ClN2O3. The predicted octanol–water partition coefficient (Wildman–Crippen LogP) is 3.16. The summed E-state index contributed by atoms with van der Waals surface area (Å²) in [5.74, 6) is 0.514. The quantitative estimate of drug-likeness (QED) is 0.862. The maximum absolute atomic E-state index is 11.9. The van der Waals surface area contributed by atoms with Gasteiger partial charge in [-0.2, -0.15) is 0 Å². The van der Waals surface area contributed by atoms with E-state index in [2.05, 4.69) is 5.32 Å². The van der Waals surface area contributed by atoms with Crippen molar-refractivity contribution in [2.45, 2.75) is 19.4 Å². The van der Waals surface area contributed by atoms with Crippen LogP contribution in [0.1, 0.15) is 18.4 Å². The number of ether oxygens (including phenoxy) is 1. The van der Waals surface area contributed by atoms with E-state index in [0.717, 1.165) is 24.2 Å². The zero-order chi connectivity index (χ0) is 17.6. The van der Waals surface area contributed by atoms with Crippen molar-refractivity contribution in [1.82, 2.24) is 5.32 Å². The molecule has 0 aliphatic carbocycles. The zero-order valence-electron chi connectivity index (χ0n) is 13.7. The molecule has 1 fully saturated rings. The van der Waals surface area contributed by atoms with Crippen molar-refractivity contribution in [3.8, 4) is 5.75 Å². The average Bonchev–Trinajstić information content (AvgIpc) is 3.05. The largest absolute Gasteiger partial charge is 0.484 e. The van der Waals surface area contributed by atoms with Crippen LogP contribution in [0.15, 0.2) is 48.5 Å². The van der Waals surface area contributed by atoms with E-state index in [1.54, 1.807) is 29.2 Å². The predicted molar refractivity (Wildman–Crippen MR) is 96.8 cm³/mol. The Morgan fingerprint density at radius 2 is 2.00 bits per heavy atom. The van der Waals surface area contributed by atoms with Crippen molar-refractivity contribution < 1.29 is 14.3 Å². The lowest BCUT2D eigenvalue weighted by atomic mass is 10.2. The smallest absolute Gasteiger partial charge is 0.258 e. The van der Waals surface area contributed by atoms with Crippen molar-refractivity contribution in [3.05, 3.63) is 59.1 Å². The van der Waals surface area contributed by atoms with Gasteiger partial charge in [0, 0.05) is 30.2 Å². The van der Waals surface area contributed by atoms with Crippen LogP contribution in [-0.2, 0) is 16.1 Å². The van der Waals surface area contributed by atoms with Gasteiger partial charge in [-0.1, -0.05) is 29.8 Å². The fraction of sp³-hybridized carbons (Fsp3) is 0.263. The lowest BCUT2D eigenvalue weighted by molar-refractivity contribution is -0.123. The summed E-state index contributed by atoms with van der Waals surface area (Å²) in [6, 6.07) is 14.6. The topological polar surface area (TPSA) is 58.6 Å². The van der Waals surface area contributed by atoms with E-state index in [9.17, 15) is 9.59 Å². The zero-order valence-corrected chi connectivity index (χ0v) is 14.5. The van der Waals surface area contributed by atoms with Gasteiger partial charge in [-0.15, -0.1) is 0 Å². The van der Waals surface area contributed by atoms with E-state index in [4.69, 9.17) is 16.3 Å². The van der Waals surface area contributed by atoms with E-state index < -0.39 is 0 Å². The van der Waals surface area contributed by atoms with Crippen LogP contribution in [0.25, 0.3) is 0 Å². The molecule has 2 aromatic rings. The monoisotopic (exact) mass is 358 g/mol. The third-order valence-corrected chi connectivity index (χ3v) is 4.21. The highest BCUT2D eigenvalue weighted by molar-refractivity contribution is 6.30. The molecule has 25 heavy (non-hydrogen) atoms. The summed E-state index contributed by atoms with van der Waals surface area (Å²) in [4.78, 5) is 25.4. The first-order valence-corrected chi connectivity index (χ1v) is 8.54. The standard InChI is InChI=1S/C19H19ClN2O3/c20-15-3-1-4-17(11-15)25-13-18(23)21-12-14-6-8-16(9-7-14)22-10-2-5-19(22)24/h1,3-4,6-9,11H,2,5,10,12-13H2,(H,21,23). The molecule has 0 atom stereocenters. The van der Waals surface area contributed by atoms with Gasteiger partial charge in [0.1, 0.15) is 5.75 Å². The van der Waals surface area contributed by atoms with Gasteiger partial charge in [-0.05, 0) is 42.3 Å². The van der Waals surface area contributed by atoms with E-state index in [0.29, 0.717) is 23.7 Å². The molecular weight excluding hydrogens is 340 g/mol. The van der Waals surface area contributed by atoms with Gasteiger partial charge < -0.3 is 15.0 Å². The minimum atomic E-state index is -0.209. The number of benzene rings is 2. The highest BCUT2D eigenvalue weighted by Crippen LogP contribution is 2.21. The first-order valence-electron chi connectivity index (χ1n) is 8.16. The molecule has 1 aliphatic rings. The number of rotatable bonds is 6. The number of carbonyl (C=O) groups is 2. The van der Waals surface area contributed by atoms with E-state index in [-0.39, 0.29) is 18.4 Å². The molecule has 0 radical (unpaired) electrons. The number of hydrogen-bond acceptors (Lipinski definition) is 3. The van der Waals surface area contributed by atoms with Crippen LogP contribution in [-0.4, -0.2) is 25.0 Å². The number of carbonyl (C=O) groups excluding carboxylic acids is 2. The molecule has 1 heterocycles. The molecule has 0 bridgehead atoms. The summed E-state index contributed by atoms with van der Waals surface area (Å²) < 4.78 is 5.39. The number of amides is 2. The molecule has 0 unspecified atom stereocenters. The molecule has 0 spiro atoms. The number of hydrogen-bond donors (Lipinski definition) is 1. The van der Waals surface area contributed by atoms with Crippen molar-refractivity contribution >= 4 is 29.1 Å². The van der Waals surface area contributed by atoms with Crippen molar-refractivity contribution in [3.63, 3.8) is 0 Å². The summed E-state index contributed by atoms with van der Waals surface area (Å²) in [5.41, 5.74) is 1.87. The first-order chi connectivity index (χ1) is 12.1. The van der Waals surface area contributed by atoms with Crippen LogP contribution in [0, 0.1) is 0 Å². The number of nitrogens with zero attached hydrogens (tertiary/aromatic N) is 1. The second-order valence-electron chi connectivity index (χ2n) is 5.84. The molecule has 0 saturated carbocycles. The molecule has 3 rings (SSSR count).